The molecule has 4 nitrogen and oxygen atoms in total. The van der Waals surface area contributed by atoms with Crippen molar-refractivity contribution in [3.63, 3.8) is 0 Å². The summed E-state index contributed by atoms with van der Waals surface area (Å²) in [5, 5.41) is 3.65. The molecule has 1 fully saturated rings. The molecule has 1 unspecified atom stereocenters. The standard InChI is InChI=1S/C13H24N4/c1-13(6-4-5-7-15-13)11-16(2)10-12-14-8-9-17(12)3/h8-9,15H,4-7,10-11H2,1-3H3. The molecular weight excluding hydrogens is 212 g/mol. The molecule has 17 heavy (non-hydrogen) atoms. The highest BCUT2D eigenvalue weighted by atomic mass is 15.2. The Bertz CT molecular complexity index is 352. The Kier molecular flexibility index (Phi) is 3.84. The van der Waals surface area contributed by atoms with Gasteiger partial charge in [-0.1, -0.05) is 6.42 Å². The summed E-state index contributed by atoms with van der Waals surface area (Å²) in [6.07, 6.45) is 7.81. The minimum atomic E-state index is 0.276. The van der Waals surface area contributed by atoms with Crippen molar-refractivity contribution in [2.45, 2.75) is 38.3 Å². The van der Waals surface area contributed by atoms with Gasteiger partial charge in [0.15, 0.2) is 0 Å². The number of piperidine rings is 1. The van der Waals surface area contributed by atoms with Crippen LogP contribution in [0.15, 0.2) is 12.4 Å². The first-order valence-corrected chi connectivity index (χ1v) is 6.49. The Balaban J connectivity index is 1.88. The molecule has 96 valence electrons. The van der Waals surface area contributed by atoms with Crippen LogP contribution in [0.1, 0.15) is 32.0 Å². The van der Waals surface area contributed by atoms with Gasteiger partial charge in [0.05, 0.1) is 6.54 Å². The van der Waals surface area contributed by atoms with Gasteiger partial charge in [0, 0.05) is 31.5 Å². The number of likely N-dealkylation sites (N-methyl/N-ethyl adjacent to an activating group) is 1. The van der Waals surface area contributed by atoms with Crippen LogP contribution in [0.2, 0.25) is 0 Å². The zero-order chi connectivity index (χ0) is 12.3. The van der Waals surface area contributed by atoms with Crippen LogP contribution >= 0.6 is 0 Å². The van der Waals surface area contributed by atoms with Crippen molar-refractivity contribution in [3.05, 3.63) is 18.2 Å². The first-order chi connectivity index (χ1) is 8.09. The van der Waals surface area contributed by atoms with Gasteiger partial charge in [0.2, 0.25) is 0 Å². The lowest BCUT2D eigenvalue weighted by atomic mass is 9.90. The summed E-state index contributed by atoms with van der Waals surface area (Å²) in [6, 6.07) is 0. The van der Waals surface area contributed by atoms with Crippen molar-refractivity contribution < 1.29 is 0 Å². The van der Waals surface area contributed by atoms with E-state index >= 15 is 0 Å². The van der Waals surface area contributed by atoms with Gasteiger partial charge >= 0.3 is 0 Å². The van der Waals surface area contributed by atoms with E-state index in [1.165, 1.54) is 19.3 Å². The molecule has 1 aromatic rings. The summed E-state index contributed by atoms with van der Waals surface area (Å²) in [5.74, 6) is 1.13. The molecule has 2 rings (SSSR count). The third kappa shape index (κ3) is 3.30. The third-order valence-corrected chi connectivity index (χ3v) is 3.66. The van der Waals surface area contributed by atoms with Crippen molar-refractivity contribution >= 4 is 0 Å². The Morgan fingerprint density at radius 2 is 2.35 bits per heavy atom. The maximum absolute atomic E-state index is 4.37. The van der Waals surface area contributed by atoms with Gasteiger partial charge in [0.25, 0.3) is 0 Å². The first kappa shape index (κ1) is 12.6. The molecule has 1 aromatic heterocycles. The van der Waals surface area contributed by atoms with Crippen molar-refractivity contribution in [1.29, 1.82) is 0 Å². The molecule has 1 atom stereocenters. The first-order valence-electron chi connectivity index (χ1n) is 6.49. The number of aryl methyl sites for hydroxylation is 1. The van der Waals surface area contributed by atoms with Gasteiger partial charge in [-0.3, -0.25) is 4.90 Å². The fourth-order valence-corrected chi connectivity index (χ4v) is 2.70. The number of hydrogen-bond acceptors (Lipinski definition) is 3. The summed E-state index contributed by atoms with van der Waals surface area (Å²) in [5.41, 5.74) is 0.276. The predicted molar refractivity (Wildman–Crippen MR) is 69.8 cm³/mol. The van der Waals surface area contributed by atoms with Crippen molar-refractivity contribution in [3.8, 4) is 0 Å². The molecule has 0 aromatic carbocycles. The summed E-state index contributed by atoms with van der Waals surface area (Å²) in [4.78, 5) is 6.73. The lowest BCUT2D eigenvalue weighted by molar-refractivity contribution is 0.179. The molecule has 0 bridgehead atoms. The van der Waals surface area contributed by atoms with E-state index in [4.69, 9.17) is 0 Å². The summed E-state index contributed by atoms with van der Waals surface area (Å²) in [7, 11) is 4.23. The molecule has 1 saturated heterocycles. The van der Waals surface area contributed by atoms with Crippen LogP contribution in [0.5, 0.6) is 0 Å². The van der Waals surface area contributed by atoms with Crippen LogP contribution < -0.4 is 5.32 Å². The number of hydrogen-bond donors (Lipinski definition) is 1. The smallest absolute Gasteiger partial charge is 0.122 e. The molecule has 0 aliphatic carbocycles. The fourth-order valence-electron chi connectivity index (χ4n) is 2.70. The molecule has 1 N–H and O–H groups in total. The topological polar surface area (TPSA) is 33.1 Å². The minimum absolute atomic E-state index is 0.276. The van der Waals surface area contributed by atoms with Gasteiger partial charge in [-0.25, -0.2) is 4.98 Å². The van der Waals surface area contributed by atoms with E-state index in [1.807, 2.05) is 12.4 Å². The van der Waals surface area contributed by atoms with Gasteiger partial charge < -0.3 is 9.88 Å². The Labute approximate surface area is 104 Å². The van der Waals surface area contributed by atoms with Crippen LogP contribution in [-0.2, 0) is 13.6 Å². The zero-order valence-corrected chi connectivity index (χ0v) is 11.2. The molecule has 1 aliphatic rings. The van der Waals surface area contributed by atoms with Gasteiger partial charge in [-0.2, -0.15) is 0 Å². The van der Waals surface area contributed by atoms with Gasteiger partial charge in [-0.15, -0.1) is 0 Å². The average molecular weight is 236 g/mol. The second kappa shape index (κ2) is 5.19. The van der Waals surface area contributed by atoms with Crippen molar-refractivity contribution in [2.75, 3.05) is 20.1 Å². The number of rotatable bonds is 4. The van der Waals surface area contributed by atoms with E-state index in [9.17, 15) is 0 Å². The van der Waals surface area contributed by atoms with E-state index in [0.717, 1.165) is 25.5 Å². The molecule has 0 radical (unpaired) electrons. The van der Waals surface area contributed by atoms with Crippen LogP contribution in [0.4, 0.5) is 0 Å². The normalized spacial score (nSPS) is 25.4. The molecule has 1 aliphatic heterocycles. The molecule has 2 heterocycles. The third-order valence-electron chi connectivity index (χ3n) is 3.66. The maximum atomic E-state index is 4.37. The van der Waals surface area contributed by atoms with Crippen molar-refractivity contribution in [2.24, 2.45) is 7.05 Å². The summed E-state index contributed by atoms with van der Waals surface area (Å²) >= 11 is 0. The fraction of sp³-hybridized carbons (Fsp3) is 0.769. The van der Waals surface area contributed by atoms with Crippen LogP contribution in [0, 0.1) is 0 Å². The predicted octanol–water partition coefficient (Wildman–Crippen LogP) is 1.38. The molecule has 4 heteroatoms. The van der Waals surface area contributed by atoms with Crippen molar-refractivity contribution in [1.82, 2.24) is 19.8 Å². The van der Waals surface area contributed by atoms with Crippen LogP contribution in [0.3, 0.4) is 0 Å². The molecule has 0 amide bonds. The minimum Gasteiger partial charge on any atom is -0.337 e. The van der Waals surface area contributed by atoms with Crippen LogP contribution in [0.25, 0.3) is 0 Å². The number of nitrogens with zero attached hydrogens (tertiary/aromatic N) is 3. The second-order valence-corrected chi connectivity index (χ2v) is 5.57. The highest BCUT2D eigenvalue weighted by molar-refractivity contribution is 4.93. The second-order valence-electron chi connectivity index (χ2n) is 5.57. The highest BCUT2D eigenvalue weighted by Gasteiger charge is 2.27. The van der Waals surface area contributed by atoms with E-state index in [1.54, 1.807) is 0 Å². The van der Waals surface area contributed by atoms with E-state index in [2.05, 4.69) is 40.8 Å². The van der Waals surface area contributed by atoms with E-state index in [0.29, 0.717) is 0 Å². The number of nitrogens with one attached hydrogen (secondary N) is 1. The van der Waals surface area contributed by atoms with Gasteiger partial charge in [-0.05, 0) is 33.4 Å². The summed E-state index contributed by atoms with van der Waals surface area (Å²) < 4.78 is 2.09. The quantitative estimate of drug-likeness (QED) is 0.857. The summed E-state index contributed by atoms with van der Waals surface area (Å²) in [6.45, 7) is 5.49. The highest BCUT2D eigenvalue weighted by Crippen LogP contribution is 2.19. The molecule has 0 spiro atoms. The lowest BCUT2D eigenvalue weighted by Crippen LogP contribution is -2.52. The monoisotopic (exact) mass is 236 g/mol. The van der Waals surface area contributed by atoms with Crippen LogP contribution in [-0.4, -0.2) is 40.1 Å². The van der Waals surface area contributed by atoms with E-state index < -0.39 is 0 Å². The number of imidazole rings is 1. The Morgan fingerprint density at radius 1 is 1.53 bits per heavy atom. The SMILES string of the molecule is CN(Cc1nccn1C)CC1(C)CCCCN1. The molecule has 0 saturated carbocycles. The average Bonchev–Trinajstić information content (AvgIpc) is 2.64. The largest absolute Gasteiger partial charge is 0.337 e. The Hall–Kier alpha value is -0.870. The van der Waals surface area contributed by atoms with Gasteiger partial charge in [0.1, 0.15) is 5.82 Å². The number of aromatic nitrogens is 2. The lowest BCUT2D eigenvalue weighted by Gasteiger charge is -2.38. The maximum Gasteiger partial charge on any atom is 0.122 e. The van der Waals surface area contributed by atoms with E-state index in [-0.39, 0.29) is 5.54 Å². The molecular formula is C13H24N4. The zero-order valence-electron chi connectivity index (χ0n) is 11.2. The Morgan fingerprint density at radius 3 is 2.94 bits per heavy atom.